The van der Waals surface area contributed by atoms with E-state index in [0.717, 1.165) is 0 Å². The van der Waals surface area contributed by atoms with Gasteiger partial charge in [-0.15, -0.1) is 0 Å². The van der Waals surface area contributed by atoms with Crippen molar-refractivity contribution in [3.63, 3.8) is 0 Å². The zero-order valence-electron chi connectivity index (χ0n) is 10.2. The molecule has 6 heteroatoms. The van der Waals surface area contributed by atoms with Crippen molar-refractivity contribution in [1.29, 1.82) is 5.26 Å². The van der Waals surface area contributed by atoms with Gasteiger partial charge in [-0.1, -0.05) is 0 Å². The zero-order valence-corrected chi connectivity index (χ0v) is 10.2. The first kappa shape index (κ1) is 13.2. The summed E-state index contributed by atoms with van der Waals surface area (Å²) in [5.41, 5.74) is 0.658. The highest BCUT2D eigenvalue weighted by Gasteiger charge is 2.14. The van der Waals surface area contributed by atoms with Crippen LogP contribution < -0.4 is 5.32 Å². The number of carboxylic acids is 1. The molecule has 20 heavy (non-hydrogen) atoms. The van der Waals surface area contributed by atoms with Gasteiger partial charge in [0.1, 0.15) is 11.4 Å². The normalized spacial score (nSPS) is 9.55. The molecule has 0 atom stereocenters. The Labute approximate surface area is 114 Å². The standard InChI is InChI=1S/C14H9N3O3/c15-8-9-3-5-10(6-4-9)13(18)17-12-11(14(19)20)2-1-7-16-12/h1-7H,(H,19,20)(H,16,17,18). The minimum atomic E-state index is -1.17. The van der Waals surface area contributed by atoms with E-state index in [-0.39, 0.29) is 11.4 Å². The average Bonchev–Trinajstić information content (AvgIpc) is 2.47. The number of pyridine rings is 1. The second kappa shape index (κ2) is 5.63. The van der Waals surface area contributed by atoms with Crippen molar-refractivity contribution in [2.75, 3.05) is 5.32 Å². The second-order valence-electron chi connectivity index (χ2n) is 3.85. The summed E-state index contributed by atoms with van der Waals surface area (Å²) in [4.78, 5) is 26.8. The minimum absolute atomic E-state index is 0.0191. The largest absolute Gasteiger partial charge is 0.478 e. The number of carbonyl (C=O) groups excluding carboxylic acids is 1. The van der Waals surface area contributed by atoms with Crippen molar-refractivity contribution in [2.24, 2.45) is 0 Å². The SMILES string of the molecule is N#Cc1ccc(C(=O)Nc2ncccc2C(=O)O)cc1. The molecule has 0 aliphatic rings. The summed E-state index contributed by atoms with van der Waals surface area (Å²) >= 11 is 0. The van der Waals surface area contributed by atoms with Crippen LogP contribution in [0.4, 0.5) is 5.82 Å². The molecular weight excluding hydrogens is 258 g/mol. The molecule has 2 rings (SSSR count). The smallest absolute Gasteiger partial charge is 0.339 e. The van der Waals surface area contributed by atoms with Gasteiger partial charge in [-0.3, -0.25) is 4.79 Å². The highest BCUT2D eigenvalue weighted by atomic mass is 16.4. The molecule has 2 N–H and O–H groups in total. The van der Waals surface area contributed by atoms with Crippen molar-refractivity contribution in [3.8, 4) is 6.07 Å². The molecule has 6 nitrogen and oxygen atoms in total. The van der Waals surface area contributed by atoms with Crippen LogP contribution in [0.3, 0.4) is 0 Å². The molecule has 0 fully saturated rings. The minimum Gasteiger partial charge on any atom is -0.478 e. The first-order chi connectivity index (χ1) is 9.61. The molecule has 0 aliphatic carbocycles. The zero-order chi connectivity index (χ0) is 14.5. The summed E-state index contributed by atoms with van der Waals surface area (Å²) in [6.45, 7) is 0. The first-order valence-electron chi connectivity index (χ1n) is 5.61. The summed E-state index contributed by atoms with van der Waals surface area (Å²) in [6.07, 6.45) is 1.39. The lowest BCUT2D eigenvalue weighted by molar-refractivity contribution is 0.0697. The number of nitrogens with one attached hydrogen (secondary N) is 1. The Morgan fingerprint density at radius 3 is 2.50 bits per heavy atom. The Balaban J connectivity index is 2.23. The van der Waals surface area contributed by atoms with Crippen LogP contribution in [0.25, 0.3) is 0 Å². The lowest BCUT2D eigenvalue weighted by Crippen LogP contribution is -2.16. The summed E-state index contributed by atoms with van der Waals surface area (Å²) in [6, 6.07) is 10.7. The maximum Gasteiger partial charge on any atom is 0.339 e. The Hall–Kier alpha value is -3.20. The number of hydrogen-bond donors (Lipinski definition) is 2. The van der Waals surface area contributed by atoms with Gasteiger partial charge in [0.25, 0.3) is 5.91 Å². The van der Waals surface area contributed by atoms with Gasteiger partial charge in [0, 0.05) is 11.8 Å². The van der Waals surface area contributed by atoms with Gasteiger partial charge >= 0.3 is 5.97 Å². The number of rotatable bonds is 3. The third kappa shape index (κ3) is 2.79. The van der Waals surface area contributed by atoms with Gasteiger partial charge in [0.05, 0.1) is 11.6 Å². The van der Waals surface area contributed by atoms with E-state index in [0.29, 0.717) is 11.1 Å². The van der Waals surface area contributed by atoms with Crippen molar-refractivity contribution >= 4 is 17.7 Å². The molecule has 0 spiro atoms. The van der Waals surface area contributed by atoms with Crippen molar-refractivity contribution < 1.29 is 14.7 Å². The maximum absolute atomic E-state index is 12.0. The highest BCUT2D eigenvalue weighted by molar-refractivity contribution is 6.06. The lowest BCUT2D eigenvalue weighted by atomic mass is 10.1. The fourth-order valence-corrected chi connectivity index (χ4v) is 1.55. The van der Waals surface area contributed by atoms with E-state index >= 15 is 0 Å². The molecule has 1 amide bonds. The van der Waals surface area contributed by atoms with Crippen LogP contribution in [0.15, 0.2) is 42.6 Å². The summed E-state index contributed by atoms with van der Waals surface area (Å²) in [7, 11) is 0. The molecule has 0 aliphatic heterocycles. The lowest BCUT2D eigenvalue weighted by Gasteiger charge is -2.07. The number of anilines is 1. The predicted octanol–water partition coefficient (Wildman–Crippen LogP) is 1.90. The second-order valence-corrected chi connectivity index (χ2v) is 3.85. The number of benzene rings is 1. The molecule has 0 bridgehead atoms. The molecule has 98 valence electrons. The topological polar surface area (TPSA) is 103 Å². The molecule has 1 aromatic heterocycles. The number of amides is 1. The summed E-state index contributed by atoms with van der Waals surface area (Å²) in [5.74, 6) is -1.68. The van der Waals surface area contributed by atoms with Crippen LogP contribution >= 0.6 is 0 Å². The third-order valence-corrected chi connectivity index (χ3v) is 2.55. The maximum atomic E-state index is 12.0. The van der Waals surface area contributed by atoms with Crippen LogP contribution in [0.5, 0.6) is 0 Å². The third-order valence-electron chi connectivity index (χ3n) is 2.55. The van der Waals surface area contributed by atoms with Gasteiger partial charge in [-0.05, 0) is 36.4 Å². The van der Waals surface area contributed by atoms with E-state index in [2.05, 4.69) is 10.3 Å². The van der Waals surface area contributed by atoms with E-state index < -0.39 is 11.9 Å². The number of nitriles is 1. The molecule has 0 unspecified atom stereocenters. The molecule has 0 saturated heterocycles. The molecule has 1 heterocycles. The van der Waals surface area contributed by atoms with E-state index in [1.54, 1.807) is 0 Å². The monoisotopic (exact) mass is 267 g/mol. The first-order valence-corrected chi connectivity index (χ1v) is 5.61. The van der Waals surface area contributed by atoms with Crippen LogP contribution in [0.2, 0.25) is 0 Å². The molecular formula is C14H9N3O3. The number of carbonyl (C=O) groups is 2. The van der Waals surface area contributed by atoms with Gasteiger partial charge < -0.3 is 10.4 Å². The predicted molar refractivity (Wildman–Crippen MR) is 70.3 cm³/mol. The quantitative estimate of drug-likeness (QED) is 0.884. The van der Waals surface area contributed by atoms with Crippen molar-refractivity contribution in [1.82, 2.24) is 4.98 Å². The molecule has 0 saturated carbocycles. The van der Waals surface area contributed by atoms with Gasteiger partial charge in [0.15, 0.2) is 0 Å². The highest BCUT2D eigenvalue weighted by Crippen LogP contribution is 2.13. The van der Waals surface area contributed by atoms with Gasteiger partial charge in [-0.25, -0.2) is 9.78 Å². The Bertz CT molecular complexity index is 702. The van der Waals surface area contributed by atoms with Crippen molar-refractivity contribution in [2.45, 2.75) is 0 Å². The van der Waals surface area contributed by atoms with Crippen LogP contribution in [0.1, 0.15) is 26.3 Å². The van der Waals surface area contributed by atoms with E-state index in [1.807, 2.05) is 6.07 Å². The summed E-state index contributed by atoms with van der Waals surface area (Å²) in [5, 5.41) is 20.1. The van der Waals surface area contributed by atoms with Crippen molar-refractivity contribution in [3.05, 3.63) is 59.3 Å². The number of nitrogens with zero attached hydrogens (tertiary/aromatic N) is 2. The molecule has 1 aromatic carbocycles. The van der Waals surface area contributed by atoms with Gasteiger partial charge in [0.2, 0.25) is 0 Å². The Kier molecular flexibility index (Phi) is 3.72. The van der Waals surface area contributed by atoms with Crippen LogP contribution in [0, 0.1) is 11.3 Å². The molecule has 2 aromatic rings. The number of carboxylic acid groups (broad SMARTS) is 1. The average molecular weight is 267 g/mol. The number of aromatic carboxylic acids is 1. The van der Waals surface area contributed by atoms with Crippen LogP contribution in [-0.2, 0) is 0 Å². The fraction of sp³-hybridized carbons (Fsp3) is 0. The van der Waals surface area contributed by atoms with Gasteiger partial charge in [-0.2, -0.15) is 5.26 Å². The number of hydrogen-bond acceptors (Lipinski definition) is 4. The fourth-order valence-electron chi connectivity index (χ4n) is 1.55. The number of aromatic nitrogens is 1. The van der Waals surface area contributed by atoms with Crippen LogP contribution in [-0.4, -0.2) is 22.0 Å². The molecule has 0 radical (unpaired) electrons. The van der Waals surface area contributed by atoms with E-state index in [1.165, 1.54) is 42.6 Å². The van der Waals surface area contributed by atoms with E-state index in [4.69, 9.17) is 10.4 Å². The Morgan fingerprint density at radius 1 is 1.20 bits per heavy atom. The summed E-state index contributed by atoms with van der Waals surface area (Å²) < 4.78 is 0. The Morgan fingerprint density at radius 2 is 1.90 bits per heavy atom. The van der Waals surface area contributed by atoms with E-state index in [9.17, 15) is 9.59 Å².